The van der Waals surface area contributed by atoms with Crippen molar-refractivity contribution in [1.82, 2.24) is 19.7 Å². The molecule has 4 atom stereocenters. The number of benzene rings is 1. The average Bonchev–Trinajstić information content (AvgIpc) is 3.28. The maximum absolute atomic E-state index is 11.0. The first kappa shape index (κ1) is 24.6. The number of fused-ring (bicyclic) bond motifs is 1. The molecule has 1 aliphatic rings. The van der Waals surface area contributed by atoms with Crippen LogP contribution in [0, 0.1) is 0 Å². The smallest absolute Gasteiger partial charge is 0.335 e. The Kier molecular flexibility index (Phi) is 7.49. The number of rotatable bonds is 8. The van der Waals surface area contributed by atoms with Crippen LogP contribution in [0.1, 0.15) is 11.8 Å². The van der Waals surface area contributed by atoms with Crippen molar-refractivity contribution in [2.75, 3.05) is 16.6 Å². The third kappa shape index (κ3) is 5.61. The number of halogens is 2. The van der Waals surface area contributed by atoms with Gasteiger partial charge in [-0.15, -0.1) is 11.8 Å². The predicted octanol–water partition coefficient (Wildman–Crippen LogP) is 2.23. The molecule has 0 bridgehead atoms. The number of hydrogen-bond acceptors (Lipinski definition) is 9. The van der Waals surface area contributed by atoms with Crippen LogP contribution in [0.5, 0.6) is 0 Å². The summed E-state index contributed by atoms with van der Waals surface area (Å²) < 4.78 is 18.1. The van der Waals surface area contributed by atoms with Gasteiger partial charge < -0.3 is 30.1 Å². The van der Waals surface area contributed by atoms with E-state index in [1.807, 2.05) is 18.2 Å². The van der Waals surface area contributed by atoms with E-state index in [1.54, 1.807) is 6.07 Å². The van der Waals surface area contributed by atoms with Gasteiger partial charge in [-0.1, -0.05) is 29.8 Å². The van der Waals surface area contributed by atoms with Gasteiger partial charge in [0.2, 0.25) is 5.28 Å². The molecule has 0 spiro atoms. The van der Waals surface area contributed by atoms with Crippen LogP contribution in [0.3, 0.4) is 0 Å². The Bertz CT molecular complexity index is 1200. The minimum absolute atomic E-state index is 0.0623. The molecule has 0 amide bonds. The summed E-state index contributed by atoms with van der Waals surface area (Å²) in [4.78, 5) is 26.4. The molecule has 0 unspecified atom stereocenters. The highest BCUT2D eigenvalue weighted by atomic mass is 35.5. The first-order valence-electron chi connectivity index (χ1n) is 9.66. The van der Waals surface area contributed by atoms with Crippen LogP contribution < -0.4 is 5.32 Å². The summed E-state index contributed by atoms with van der Waals surface area (Å²) in [5.41, 5.74) is 0.702. The van der Waals surface area contributed by atoms with Gasteiger partial charge >= 0.3 is 7.60 Å². The Balaban J connectivity index is 1.55. The van der Waals surface area contributed by atoms with E-state index >= 15 is 0 Å². The van der Waals surface area contributed by atoms with E-state index in [0.717, 1.165) is 17.3 Å². The van der Waals surface area contributed by atoms with Gasteiger partial charge in [-0.3, -0.25) is 4.57 Å². The van der Waals surface area contributed by atoms with E-state index in [9.17, 15) is 14.8 Å². The monoisotopic (exact) mass is 535 g/mol. The van der Waals surface area contributed by atoms with E-state index in [2.05, 4.69) is 20.4 Å². The second kappa shape index (κ2) is 10.0. The fourth-order valence-electron chi connectivity index (χ4n) is 3.40. The van der Waals surface area contributed by atoms with E-state index in [-0.39, 0.29) is 16.7 Å². The van der Waals surface area contributed by atoms with Gasteiger partial charge in [-0.05, 0) is 23.2 Å². The lowest BCUT2D eigenvalue weighted by molar-refractivity contribution is -0.0361. The lowest BCUT2D eigenvalue weighted by Crippen LogP contribution is -2.32. The van der Waals surface area contributed by atoms with Crippen LogP contribution in [0.15, 0.2) is 30.5 Å². The molecule has 11 nitrogen and oxygen atoms in total. The van der Waals surface area contributed by atoms with Crippen molar-refractivity contribution in [1.29, 1.82) is 0 Å². The Morgan fingerprint density at radius 2 is 1.94 bits per heavy atom. The highest BCUT2D eigenvalue weighted by Gasteiger charge is 2.44. The van der Waals surface area contributed by atoms with Crippen molar-refractivity contribution in [3.05, 3.63) is 46.3 Å². The second-order valence-corrected chi connectivity index (χ2v) is 11.2. The summed E-state index contributed by atoms with van der Waals surface area (Å²) >= 11 is 13.2. The summed E-state index contributed by atoms with van der Waals surface area (Å²) in [6.07, 6.45) is -3.09. The number of aliphatic hydroxyl groups excluding tert-OH is 2. The summed E-state index contributed by atoms with van der Waals surface area (Å²) in [5, 5.41) is 29.4. The Morgan fingerprint density at radius 3 is 2.67 bits per heavy atom. The molecule has 0 aliphatic carbocycles. The SMILES string of the molecule is O=P(O)(O)CSC[C@H]1O[C@@H](n2ncc3c(NCc4ccccc4Cl)nc(Cl)nc32)[C@H](O)[C@@H]1O. The van der Waals surface area contributed by atoms with Gasteiger partial charge in [0.05, 0.1) is 23.2 Å². The van der Waals surface area contributed by atoms with Gasteiger partial charge in [0.15, 0.2) is 11.9 Å². The summed E-state index contributed by atoms with van der Waals surface area (Å²) in [7, 11) is -4.20. The summed E-state index contributed by atoms with van der Waals surface area (Å²) in [5.74, 6) is 0.470. The highest BCUT2D eigenvalue weighted by Crippen LogP contribution is 2.40. The maximum Gasteiger partial charge on any atom is 0.335 e. The largest absolute Gasteiger partial charge is 0.387 e. The summed E-state index contributed by atoms with van der Waals surface area (Å²) in [6.45, 7) is 0.368. The molecular weight excluding hydrogens is 516 g/mol. The molecule has 1 aliphatic heterocycles. The second-order valence-electron chi connectivity index (χ2n) is 7.32. The molecule has 2 aromatic heterocycles. The molecular formula is C18H20Cl2N5O6PS. The third-order valence-electron chi connectivity index (χ3n) is 4.95. The molecule has 0 saturated carbocycles. The molecule has 3 heterocycles. The number of nitrogens with zero attached hydrogens (tertiary/aromatic N) is 4. The number of aliphatic hydroxyl groups is 2. The van der Waals surface area contributed by atoms with E-state index in [0.29, 0.717) is 22.8 Å². The first-order valence-corrected chi connectivity index (χ1v) is 13.4. The molecule has 4 rings (SSSR count). The number of thioether (sulfide) groups is 1. The highest BCUT2D eigenvalue weighted by molar-refractivity contribution is 8.04. The Labute approximate surface area is 202 Å². The molecule has 1 aromatic carbocycles. The van der Waals surface area contributed by atoms with Gasteiger partial charge in [0.25, 0.3) is 0 Å². The van der Waals surface area contributed by atoms with Crippen LogP contribution >= 0.6 is 42.6 Å². The zero-order valence-corrected chi connectivity index (χ0v) is 20.0. The Hall–Kier alpha value is -1.47. The summed E-state index contributed by atoms with van der Waals surface area (Å²) in [6, 6.07) is 7.34. The minimum atomic E-state index is -4.20. The standard InChI is InChI=1S/C18H20Cl2N5O6PS/c19-11-4-2-1-3-9(11)5-21-15-10-6-22-25(16(10)24-18(20)23-15)17-14(27)13(26)12(31-17)7-33-8-32(28,29)30/h1-4,6,12-14,17,26-27H,5,7-8H2,(H,21,23,24)(H2,28,29,30)/t12-,13-,14-,17-/m1/s1. The van der Waals surface area contributed by atoms with Crippen LogP contribution in [0.25, 0.3) is 11.0 Å². The van der Waals surface area contributed by atoms with Gasteiger partial charge in [-0.25, -0.2) is 4.68 Å². The normalized spacial score (nSPS) is 23.3. The number of nitrogens with one attached hydrogen (secondary N) is 1. The Morgan fingerprint density at radius 1 is 1.18 bits per heavy atom. The van der Waals surface area contributed by atoms with Crippen molar-refractivity contribution in [3.8, 4) is 0 Å². The fourth-order valence-corrected chi connectivity index (χ4v) is 5.65. The molecule has 15 heteroatoms. The third-order valence-corrected chi connectivity index (χ3v) is 8.13. The van der Waals surface area contributed by atoms with E-state index < -0.39 is 37.6 Å². The van der Waals surface area contributed by atoms with Crippen molar-refractivity contribution in [2.24, 2.45) is 0 Å². The quantitative estimate of drug-likeness (QED) is 0.212. The van der Waals surface area contributed by atoms with Crippen molar-refractivity contribution in [2.45, 2.75) is 31.1 Å². The first-order chi connectivity index (χ1) is 15.6. The van der Waals surface area contributed by atoms with E-state index in [1.165, 1.54) is 10.9 Å². The lowest BCUT2D eigenvalue weighted by Gasteiger charge is -2.16. The van der Waals surface area contributed by atoms with Crippen LogP contribution in [-0.4, -0.2) is 69.3 Å². The average molecular weight is 536 g/mol. The minimum Gasteiger partial charge on any atom is -0.387 e. The van der Waals surface area contributed by atoms with Crippen molar-refractivity contribution < 1.29 is 29.3 Å². The number of aromatic nitrogens is 4. The lowest BCUT2D eigenvalue weighted by atomic mass is 10.1. The van der Waals surface area contributed by atoms with Gasteiger partial charge in [0.1, 0.15) is 18.0 Å². The van der Waals surface area contributed by atoms with Crippen molar-refractivity contribution >= 4 is 59.4 Å². The topological polar surface area (TPSA) is 163 Å². The molecule has 0 radical (unpaired) electrons. The van der Waals surface area contributed by atoms with Crippen LogP contribution in [-0.2, 0) is 15.8 Å². The zero-order chi connectivity index (χ0) is 23.8. The molecule has 178 valence electrons. The molecule has 5 N–H and O–H groups in total. The van der Waals surface area contributed by atoms with Crippen molar-refractivity contribution in [3.63, 3.8) is 0 Å². The number of ether oxygens (including phenoxy) is 1. The molecule has 1 fully saturated rings. The zero-order valence-electron chi connectivity index (χ0n) is 16.8. The fraction of sp³-hybridized carbons (Fsp3) is 0.389. The molecule has 33 heavy (non-hydrogen) atoms. The van der Waals surface area contributed by atoms with E-state index in [4.69, 9.17) is 37.7 Å². The number of anilines is 1. The molecule has 1 saturated heterocycles. The maximum atomic E-state index is 11.0. The van der Waals surface area contributed by atoms with Crippen LogP contribution in [0.2, 0.25) is 10.3 Å². The number of hydrogen-bond donors (Lipinski definition) is 5. The van der Waals surface area contributed by atoms with Gasteiger partial charge in [0, 0.05) is 17.3 Å². The van der Waals surface area contributed by atoms with Crippen LogP contribution in [0.4, 0.5) is 5.82 Å². The predicted molar refractivity (Wildman–Crippen MR) is 124 cm³/mol. The molecule has 3 aromatic rings. The van der Waals surface area contributed by atoms with Gasteiger partial charge in [-0.2, -0.15) is 15.1 Å².